The van der Waals surface area contributed by atoms with Crippen LogP contribution in [0.2, 0.25) is 0 Å². The summed E-state index contributed by atoms with van der Waals surface area (Å²) in [4.78, 5) is 17.7. The van der Waals surface area contributed by atoms with E-state index in [1.165, 1.54) is 21.3 Å². The first-order valence-corrected chi connectivity index (χ1v) is 4.91. The Bertz CT molecular complexity index is 606. The van der Waals surface area contributed by atoms with Crippen LogP contribution in [0.25, 0.3) is 10.8 Å². The van der Waals surface area contributed by atoms with E-state index in [0.29, 0.717) is 16.5 Å². The van der Waals surface area contributed by atoms with Gasteiger partial charge in [0.25, 0.3) is 0 Å². The molecular formula is C11H12N2O4. The summed E-state index contributed by atoms with van der Waals surface area (Å²) in [6, 6.07) is 5.13. The summed E-state index contributed by atoms with van der Waals surface area (Å²) in [5.41, 5.74) is -0.359. The van der Waals surface area contributed by atoms with Gasteiger partial charge in [-0.1, -0.05) is 16.0 Å². The Morgan fingerprint density at radius 1 is 1.18 bits per heavy atom. The SMILES string of the molecule is COc1cccc2c(=O)n(OC)nc(OC)c12. The second-order valence-corrected chi connectivity index (χ2v) is 3.25. The zero-order valence-electron chi connectivity index (χ0n) is 9.76. The highest BCUT2D eigenvalue weighted by molar-refractivity contribution is 5.91. The summed E-state index contributed by atoms with van der Waals surface area (Å²) >= 11 is 0. The van der Waals surface area contributed by atoms with Crippen molar-refractivity contribution in [1.29, 1.82) is 0 Å². The number of aromatic nitrogens is 2. The van der Waals surface area contributed by atoms with Crippen LogP contribution in [-0.2, 0) is 0 Å². The zero-order chi connectivity index (χ0) is 12.4. The summed E-state index contributed by atoms with van der Waals surface area (Å²) in [7, 11) is 4.36. The summed E-state index contributed by atoms with van der Waals surface area (Å²) in [6.45, 7) is 0. The third-order valence-electron chi connectivity index (χ3n) is 2.41. The molecule has 0 atom stereocenters. The lowest BCUT2D eigenvalue weighted by atomic mass is 10.2. The number of ether oxygens (including phenoxy) is 2. The number of hydrogen-bond donors (Lipinski definition) is 0. The number of benzene rings is 1. The molecule has 0 saturated heterocycles. The van der Waals surface area contributed by atoms with Crippen molar-refractivity contribution >= 4 is 10.8 Å². The van der Waals surface area contributed by atoms with Gasteiger partial charge in [-0.15, -0.1) is 0 Å². The third kappa shape index (κ3) is 1.67. The van der Waals surface area contributed by atoms with E-state index < -0.39 is 0 Å². The molecule has 0 amide bonds. The predicted molar refractivity (Wildman–Crippen MR) is 61.6 cm³/mol. The van der Waals surface area contributed by atoms with Gasteiger partial charge in [-0.05, 0) is 12.1 Å². The highest BCUT2D eigenvalue weighted by atomic mass is 16.7. The minimum atomic E-state index is -0.359. The number of rotatable bonds is 3. The summed E-state index contributed by atoms with van der Waals surface area (Å²) in [5, 5.41) is 4.89. The Labute approximate surface area is 97.3 Å². The molecule has 1 aromatic carbocycles. The average molecular weight is 236 g/mol. The van der Waals surface area contributed by atoms with Crippen molar-refractivity contribution in [2.24, 2.45) is 0 Å². The fraction of sp³-hybridized carbons (Fsp3) is 0.273. The minimum Gasteiger partial charge on any atom is -0.496 e. The van der Waals surface area contributed by atoms with E-state index in [4.69, 9.17) is 14.3 Å². The van der Waals surface area contributed by atoms with Crippen molar-refractivity contribution in [2.45, 2.75) is 0 Å². The molecule has 0 radical (unpaired) electrons. The molecule has 0 N–H and O–H groups in total. The number of hydrogen-bond acceptors (Lipinski definition) is 5. The topological polar surface area (TPSA) is 62.6 Å². The molecule has 0 aliphatic carbocycles. The van der Waals surface area contributed by atoms with Gasteiger partial charge in [-0.25, -0.2) is 0 Å². The molecule has 2 rings (SSSR count). The Morgan fingerprint density at radius 3 is 2.53 bits per heavy atom. The van der Waals surface area contributed by atoms with E-state index in [1.54, 1.807) is 18.2 Å². The number of fused-ring (bicyclic) bond motifs is 1. The van der Waals surface area contributed by atoms with E-state index in [-0.39, 0.29) is 11.4 Å². The maximum atomic E-state index is 12.0. The van der Waals surface area contributed by atoms with E-state index in [2.05, 4.69) is 5.10 Å². The van der Waals surface area contributed by atoms with Crippen LogP contribution in [0.15, 0.2) is 23.0 Å². The maximum absolute atomic E-state index is 12.0. The average Bonchev–Trinajstić information content (AvgIpc) is 2.39. The van der Waals surface area contributed by atoms with E-state index in [0.717, 1.165) is 4.85 Å². The van der Waals surface area contributed by atoms with Crippen molar-refractivity contribution in [2.75, 3.05) is 21.3 Å². The van der Waals surface area contributed by atoms with Crippen LogP contribution < -0.4 is 19.9 Å². The molecule has 0 saturated carbocycles. The predicted octanol–water partition coefficient (Wildman–Crippen LogP) is 0.472. The zero-order valence-corrected chi connectivity index (χ0v) is 9.76. The van der Waals surface area contributed by atoms with Crippen LogP contribution in [0.1, 0.15) is 0 Å². The molecule has 1 aromatic heterocycles. The Balaban J connectivity index is 2.94. The minimum absolute atomic E-state index is 0.277. The Hall–Kier alpha value is -2.24. The second-order valence-electron chi connectivity index (χ2n) is 3.25. The van der Waals surface area contributed by atoms with Gasteiger partial charge in [0, 0.05) is 0 Å². The van der Waals surface area contributed by atoms with Gasteiger partial charge in [0.05, 0.1) is 25.0 Å². The van der Waals surface area contributed by atoms with Crippen LogP contribution in [0.5, 0.6) is 11.6 Å². The lowest BCUT2D eigenvalue weighted by Gasteiger charge is -2.10. The molecule has 6 nitrogen and oxygen atoms in total. The molecule has 0 bridgehead atoms. The van der Waals surface area contributed by atoms with Gasteiger partial charge in [0.1, 0.15) is 12.9 Å². The molecule has 0 aliphatic rings. The molecule has 0 fully saturated rings. The van der Waals surface area contributed by atoms with Crippen LogP contribution in [0.3, 0.4) is 0 Å². The highest BCUT2D eigenvalue weighted by Crippen LogP contribution is 2.29. The van der Waals surface area contributed by atoms with Gasteiger partial charge < -0.3 is 14.3 Å². The van der Waals surface area contributed by atoms with Crippen molar-refractivity contribution in [3.8, 4) is 11.6 Å². The lowest BCUT2D eigenvalue weighted by Crippen LogP contribution is -2.28. The second kappa shape index (κ2) is 4.32. The molecule has 90 valence electrons. The first kappa shape index (κ1) is 11.3. The van der Waals surface area contributed by atoms with Crippen LogP contribution in [0, 0.1) is 0 Å². The van der Waals surface area contributed by atoms with Gasteiger partial charge >= 0.3 is 5.56 Å². The van der Waals surface area contributed by atoms with Gasteiger partial charge in [-0.2, -0.15) is 0 Å². The molecule has 2 aromatic rings. The molecular weight excluding hydrogens is 224 g/mol. The van der Waals surface area contributed by atoms with Crippen LogP contribution in [-0.4, -0.2) is 31.3 Å². The molecule has 0 unspecified atom stereocenters. The Morgan fingerprint density at radius 2 is 1.94 bits per heavy atom. The fourth-order valence-electron chi connectivity index (χ4n) is 1.65. The first-order chi connectivity index (χ1) is 8.22. The Kier molecular flexibility index (Phi) is 2.86. The van der Waals surface area contributed by atoms with E-state index in [1.807, 2.05) is 0 Å². The van der Waals surface area contributed by atoms with Crippen molar-refractivity contribution in [3.05, 3.63) is 28.6 Å². The molecule has 17 heavy (non-hydrogen) atoms. The largest absolute Gasteiger partial charge is 0.496 e. The van der Waals surface area contributed by atoms with E-state index >= 15 is 0 Å². The fourth-order valence-corrected chi connectivity index (χ4v) is 1.65. The normalized spacial score (nSPS) is 10.3. The summed E-state index contributed by atoms with van der Waals surface area (Å²) in [6.07, 6.45) is 0. The molecule has 6 heteroatoms. The van der Waals surface area contributed by atoms with Crippen molar-refractivity contribution < 1.29 is 14.3 Å². The smallest absolute Gasteiger partial charge is 0.311 e. The molecule has 1 heterocycles. The monoisotopic (exact) mass is 236 g/mol. The highest BCUT2D eigenvalue weighted by Gasteiger charge is 2.15. The maximum Gasteiger partial charge on any atom is 0.311 e. The van der Waals surface area contributed by atoms with Crippen molar-refractivity contribution in [3.63, 3.8) is 0 Å². The van der Waals surface area contributed by atoms with Crippen LogP contribution in [0.4, 0.5) is 0 Å². The van der Waals surface area contributed by atoms with Gasteiger partial charge in [-0.3, -0.25) is 4.79 Å². The summed E-state index contributed by atoms with van der Waals surface area (Å²) in [5.74, 6) is 0.811. The van der Waals surface area contributed by atoms with Crippen molar-refractivity contribution in [1.82, 2.24) is 9.94 Å². The standard InChI is InChI=1S/C11H12N2O4/c1-15-8-6-4-5-7-9(8)10(16-2)12-13(17-3)11(7)14/h4-6H,1-3H3. The first-order valence-electron chi connectivity index (χ1n) is 4.91. The quantitative estimate of drug-likeness (QED) is 0.775. The number of nitrogens with zero attached hydrogens (tertiary/aromatic N) is 2. The van der Waals surface area contributed by atoms with Crippen LogP contribution >= 0.6 is 0 Å². The summed E-state index contributed by atoms with van der Waals surface area (Å²) < 4.78 is 10.3. The van der Waals surface area contributed by atoms with E-state index in [9.17, 15) is 4.79 Å². The molecule has 0 aliphatic heterocycles. The van der Waals surface area contributed by atoms with Gasteiger partial charge in [0.2, 0.25) is 5.88 Å². The molecule has 0 spiro atoms. The third-order valence-corrected chi connectivity index (χ3v) is 2.41. The number of methoxy groups -OCH3 is 2. The van der Waals surface area contributed by atoms with Gasteiger partial charge in [0.15, 0.2) is 0 Å². The lowest BCUT2D eigenvalue weighted by molar-refractivity contribution is 0.117.